The van der Waals surface area contributed by atoms with Gasteiger partial charge in [-0.05, 0) is 78.3 Å². The summed E-state index contributed by atoms with van der Waals surface area (Å²) in [4.78, 5) is 48.1. The first-order valence-electron chi connectivity index (χ1n) is 16.6. The van der Waals surface area contributed by atoms with Gasteiger partial charge in [-0.15, -0.1) is 11.3 Å². The fourth-order valence-electron chi connectivity index (χ4n) is 6.61. The van der Waals surface area contributed by atoms with Crippen LogP contribution in [-0.2, 0) is 16.0 Å². The molecule has 0 aliphatic heterocycles. The molecule has 5 aromatic rings. The van der Waals surface area contributed by atoms with E-state index in [0.29, 0.717) is 58.5 Å². The van der Waals surface area contributed by atoms with Gasteiger partial charge < -0.3 is 39.9 Å². The van der Waals surface area contributed by atoms with Gasteiger partial charge in [-0.25, -0.2) is 4.98 Å². The summed E-state index contributed by atoms with van der Waals surface area (Å²) in [5.74, 6) is 2.29. The number of rotatable bonds is 13. The monoisotopic (exact) mass is 743 g/mol. The second-order valence-corrected chi connectivity index (χ2v) is 14.1. The lowest BCUT2D eigenvalue weighted by atomic mass is 9.95. The van der Waals surface area contributed by atoms with Crippen LogP contribution in [0.4, 0.5) is 10.8 Å². The van der Waals surface area contributed by atoms with Crippen molar-refractivity contribution in [3.63, 3.8) is 0 Å². The van der Waals surface area contributed by atoms with Crippen LogP contribution < -0.4 is 40.3 Å². The Morgan fingerprint density at radius 2 is 1.83 bits per heavy atom. The molecule has 2 heterocycles. The predicted octanol–water partition coefficient (Wildman–Crippen LogP) is 6.65. The molecule has 1 aliphatic rings. The molecule has 0 radical (unpaired) electrons. The number of carbonyl (C=O) groups excluding carboxylic acids is 2. The maximum absolute atomic E-state index is 14.0. The lowest BCUT2D eigenvalue weighted by molar-refractivity contribution is -0.120. The van der Waals surface area contributed by atoms with Gasteiger partial charge in [-0.1, -0.05) is 6.07 Å². The number of hydrogen-bond donors (Lipinski definition) is 4. The highest BCUT2D eigenvalue weighted by Crippen LogP contribution is 2.50. The van der Waals surface area contributed by atoms with E-state index in [-0.39, 0.29) is 22.9 Å². The molecule has 0 bridgehead atoms. The summed E-state index contributed by atoms with van der Waals surface area (Å²) in [6.07, 6.45) is 5.42. The summed E-state index contributed by atoms with van der Waals surface area (Å²) in [7, 11) is 6.29. The van der Waals surface area contributed by atoms with E-state index in [9.17, 15) is 14.4 Å². The maximum Gasteiger partial charge on any atom is 0.248 e. The van der Waals surface area contributed by atoms with Crippen LogP contribution in [0.2, 0.25) is 0 Å². The molecule has 4 N–H and O–H groups in total. The molecule has 2 aromatic heterocycles. The number of carbonyl (C=O) groups is 2. The Kier molecular flexibility index (Phi) is 11.2. The van der Waals surface area contributed by atoms with E-state index in [1.165, 1.54) is 24.3 Å². The molecular weight excluding hydrogens is 703 g/mol. The van der Waals surface area contributed by atoms with Gasteiger partial charge in [0.1, 0.15) is 11.8 Å². The SMILES string of the molecule is COc1ccc2c(-c3csc(NC(=O)[C@H](CCSC)Nc4ccc5c(cc4=O)[C@@H](NC(C)=O)CCc4cc(OC)c(OC)c(OC)c4-5)n3)c[nH]c2c1. The Balaban J connectivity index is 1.34. The zero-order valence-corrected chi connectivity index (χ0v) is 31.4. The topological polar surface area (TPSA) is 153 Å². The van der Waals surface area contributed by atoms with E-state index in [1.54, 1.807) is 46.3 Å². The van der Waals surface area contributed by atoms with Crippen molar-refractivity contribution in [2.45, 2.75) is 38.3 Å². The molecule has 0 saturated heterocycles. The number of thiazole rings is 1. The fourth-order valence-corrected chi connectivity index (χ4v) is 7.80. The zero-order chi connectivity index (χ0) is 36.9. The number of anilines is 2. The summed E-state index contributed by atoms with van der Waals surface area (Å²) >= 11 is 2.93. The van der Waals surface area contributed by atoms with Crippen LogP contribution in [0.1, 0.15) is 36.9 Å². The third-order valence-corrected chi connectivity index (χ3v) is 10.5. The Morgan fingerprint density at radius 3 is 2.54 bits per heavy atom. The van der Waals surface area contributed by atoms with Crippen molar-refractivity contribution in [2.75, 3.05) is 51.1 Å². The lowest BCUT2D eigenvalue weighted by Gasteiger charge is -2.19. The third kappa shape index (κ3) is 7.39. The number of ether oxygens (including phenoxy) is 4. The van der Waals surface area contributed by atoms with Crippen molar-refractivity contribution in [3.8, 4) is 45.4 Å². The van der Waals surface area contributed by atoms with E-state index in [4.69, 9.17) is 23.9 Å². The Morgan fingerprint density at radius 1 is 1.02 bits per heavy atom. The number of nitrogens with zero attached hydrogens (tertiary/aromatic N) is 1. The number of amides is 2. The summed E-state index contributed by atoms with van der Waals surface area (Å²) in [6.45, 7) is 1.46. The highest BCUT2D eigenvalue weighted by atomic mass is 32.2. The minimum absolute atomic E-state index is 0.217. The van der Waals surface area contributed by atoms with Crippen LogP contribution in [0, 0.1) is 0 Å². The van der Waals surface area contributed by atoms with Crippen molar-refractivity contribution in [1.29, 1.82) is 0 Å². The van der Waals surface area contributed by atoms with Crippen molar-refractivity contribution >= 4 is 56.6 Å². The van der Waals surface area contributed by atoms with Crippen molar-refractivity contribution in [1.82, 2.24) is 15.3 Å². The van der Waals surface area contributed by atoms with Crippen molar-refractivity contribution < 1.29 is 28.5 Å². The molecule has 0 fully saturated rings. The first kappa shape index (κ1) is 36.6. The number of H-pyrrole nitrogens is 1. The molecule has 0 spiro atoms. The number of aromatic nitrogens is 2. The van der Waals surface area contributed by atoms with Crippen LogP contribution in [0.15, 0.2) is 58.8 Å². The first-order valence-corrected chi connectivity index (χ1v) is 18.9. The number of benzene rings is 2. The van der Waals surface area contributed by atoms with Gasteiger partial charge in [0.15, 0.2) is 16.6 Å². The average Bonchev–Trinajstić information content (AvgIpc) is 3.71. The summed E-state index contributed by atoms with van der Waals surface area (Å²) in [6, 6.07) is 11.6. The fraction of sp³-hybridized carbons (Fsp3) is 0.316. The Labute approximate surface area is 309 Å². The number of nitrogens with one attached hydrogen (secondary N) is 4. The van der Waals surface area contributed by atoms with Crippen molar-refractivity contribution in [2.24, 2.45) is 0 Å². The normalized spacial score (nSPS) is 14.0. The van der Waals surface area contributed by atoms with E-state index >= 15 is 0 Å². The van der Waals surface area contributed by atoms with Gasteiger partial charge in [-0.3, -0.25) is 14.4 Å². The standard InChI is InChI=1S/C38H41N5O7S2/c1-20(44)40-27-11-7-21-15-33(48-3)35(49-4)36(50-5)34(21)24-10-12-28(32(45)17-25(24)27)41-29(13-14-51-6)37(46)43-38-42-31(19-52-38)26-18-39-30-16-22(47-2)8-9-23(26)30/h8-10,12,15-19,27,29,39H,7,11,13-14H2,1-6H3,(H,40,44)(H,41,45)(H,42,43,46)/t27-,29-/m0/s1. The van der Waals surface area contributed by atoms with Crippen LogP contribution in [0.5, 0.6) is 23.0 Å². The first-order chi connectivity index (χ1) is 25.2. The smallest absolute Gasteiger partial charge is 0.248 e. The maximum atomic E-state index is 14.0. The van der Waals surface area contributed by atoms with Crippen LogP contribution in [-0.4, -0.2) is 68.3 Å². The second-order valence-electron chi connectivity index (χ2n) is 12.2. The molecule has 0 unspecified atom stereocenters. The number of aromatic amines is 1. The van der Waals surface area contributed by atoms with E-state index in [1.807, 2.05) is 48.2 Å². The minimum Gasteiger partial charge on any atom is -0.497 e. The summed E-state index contributed by atoms with van der Waals surface area (Å²) < 4.78 is 22.6. The van der Waals surface area contributed by atoms with Crippen LogP contribution in [0.3, 0.4) is 0 Å². The van der Waals surface area contributed by atoms with E-state index in [0.717, 1.165) is 39.0 Å². The molecule has 3 aromatic carbocycles. The van der Waals surface area contributed by atoms with Gasteiger partial charge in [0.05, 0.1) is 45.9 Å². The quantitative estimate of drug-likeness (QED) is 0.103. The van der Waals surface area contributed by atoms with Gasteiger partial charge in [0.2, 0.25) is 23.0 Å². The number of hydrogen-bond acceptors (Lipinski definition) is 11. The molecule has 0 saturated carbocycles. The second kappa shape index (κ2) is 16.0. The predicted molar refractivity (Wildman–Crippen MR) is 208 cm³/mol. The minimum atomic E-state index is -0.743. The van der Waals surface area contributed by atoms with Gasteiger partial charge in [0, 0.05) is 46.6 Å². The Bertz CT molecular complexity index is 2180. The van der Waals surface area contributed by atoms with Gasteiger partial charge >= 0.3 is 0 Å². The molecule has 1 aliphatic carbocycles. The molecule has 272 valence electrons. The molecule has 12 nitrogen and oxygen atoms in total. The molecule has 2 atom stereocenters. The average molecular weight is 744 g/mol. The third-order valence-electron chi connectivity index (χ3n) is 9.07. The van der Waals surface area contributed by atoms with Gasteiger partial charge in [0.25, 0.3) is 0 Å². The molecule has 2 amide bonds. The molecule has 6 rings (SSSR count). The number of fused-ring (bicyclic) bond motifs is 4. The highest BCUT2D eigenvalue weighted by Gasteiger charge is 2.30. The van der Waals surface area contributed by atoms with E-state index in [2.05, 4.69) is 20.9 Å². The highest BCUT2D eigenvalue weighted by molar-refractivity contribution is 7.98. The Hall–Kier alpha value is -5.21. The molecule has 14 heteroatoms. The van der Waals surface area contributed by atoms with Gasteiger partial charge in [-0.2, -0.15) is 11.8 Å². The lowest BCUT2D eigenvalue weighted by Crippen LogP contribution is -2.36. The largest absolute Gasteiger partial charge is 0.497 e. The van der Waals surface area contributed by atoms with Crippen molar-refractivity contribution in [3.05, 3.63) is 75.4 Å². The van der Waals surface area contributed by atoms with Crippen LogP contribution in [0.25, 0.3) is 33.3 Å². The van der Waals surface area contributed by atoms with E-state index < -0.39 is 12.1 Å². The molecular formula is C38H41N5O7S2. The number of aryl methyl sites for hydroxylation is 1. The number of methoxy groups -OCH3 is 4. The number of thioether (sulfide) groups is 1. The summed E-state index contributed by atoms with van der Waals surface area (Å²) in [5.41, 5.74) is 5.46. The molecule has 52 heavy (non-hydrogen) atoms. The van der Waals surface area contributed by atoms with Crippen LogP contribution >= 0.6 is 23.1 Å². The summed E-state index contributed by atoms with van der Waals surface area (Å²) in [5, 5.41) is 12.6. The zero-order valence-electron chi connectivity index (χ0n) is 29.8.